The van der Waals surface area contributed by atoms with Gasteiger partial charge in [0.2, 0.25) is 0 Å². The Morgan fingerprint density at radius 2 is 1.68 bits per heavy atom. The van der Waals surface area contributed by atoms with Gasteiger partial charge in [-0.2, -0.15) is 0 Å². The number of para-hydroxylation sites is 2. The van der Waals surface area contributed by atoms with Crippen molar-refractivity contribution in [1.82, 2.24) is 9.55 Å². The van der Waals surface area contributed by atoms with Crippen LogP contribution < -0.4 is 0 Å². The molecule has 0 bridgehead atoms. The van der Waals surface area contributed by atoms with E-state index in [-0.39, 0.29) is 5.41 Å². The van der Waals surface area contributed by atoms with Gasteiger partial charge in [0.05, 0.1) is 17.6 Å². The van der Waals surface area contributed by atoms with Crippen molar-refractivity contribution < 1.29 is 0 Å². The summed E-state index contributed by atoms with van der Waals surface area (Å²) in [6, 6.07) is 16.3. The highest BCUT2D eigenvalue weighted by Crippen LogP contribution is 2.26. The highest BCUT2D eigenvalue weighted by atomic mass is 35.5. The van der Waals surface area contributed by atoms with Gasteiger partial charge in [-0.05, 0) is 29.2 Å². The Labute approximate surface area is 136 Å². The Kier molecular flexibility index (Phi) is 3.96. The molecule has 1 aromatic heterocycles. The maximum absolute atomic E-state index is 6.34. The first kappa shape index (κ1) is 15.1. The van der Waals surface area contributed by atoms with Crippen molar-refractivity contribution in [1.29, 1.82) is 0 Å². The number of nitrogens with zero attached hydrogens (tertiary/aromatic N) is 2. The molecule has 0 fully saturated rings. The largest absolute Gasteiger partial charge is 0.323 e. The SMILES string of the molecule is CC(C)(C)Cc1nc2ccccc2n1Cc1ccccc1Cl. The summed E-state index contributed by atoms with van der Waals surface area (Å²) in [4.78, 5) is 4.84. The molecule has 114 valence electrons. The first-order valence-corrected chi connectivity index (χ1v) is 7.99. The predicted octanol–water partition coefficient (Wildman–Crippen LogP) is 5.33. The summed E-state index contributed by atoms with van der Waals surface area (Å²) in [7, 11) is 0. The van der Waals surface area contributed by atoms with Crippen LogP contribution >= 0.6 is 11.6 Å². The average molecular weight is 313 g/mol. The lowest BCUT2D eigenvalue weighted by atomic mass is 9.92. The number of halogens is 1. The molecule has 22 heavy (non-hydrogen) atoms. The van der Waals surface area contributed by atoms with Crippen molar-refractivity contribution >= 4 is 22.6 Å². The Hall–Kier alpha value is -1.80. The summed E-state index contributed by atoms with van der Waals surface area (Å²) in [5, 5.41) is 0.807. The zero-order valence-corrected chi connectivity index (χ0v) is 14.1. The molecule has 3 aromatic rings. The molecule has 1 heterocycles. The molecule has 0 aliphatic heterocycles. The molecular formula is C19H21ClN2. The Morgan fingerprint density at radius 1 is 1.00 bits per heavy atom. The molecule has 2 nitrogen and oxygen atoms in total. The molecule has 0 aliphatic rings. The Morgan fingerprint density at radius 3 is 2.41 bits per heavy atom. The van der Waals surface area contributed by atoms with Crippen LogP contribution in [0.15, 0.2) is 48.5 Å². The number of rotatable bonds is 3. The Bertz CT molecular complexity index is 797. The van der Waals surface area contributed by atoms with Crippen LogP contribution in [0.5, 0.6) is 0 Å². The second kappa shape index (κ2) is 5.77. The van der Waals surface area contributed by atoms with Crippen LogP contribution in [0.1, 0.15) is 32.2 Å². The van der Waals surface area contributed by atoms with Gasteiger partial charge in [0.25, 0.3) is 0 Å². The van der Waals surface area contributed by atoms with Gasteiger partial charge in [-0.15, -0.1) is 0 Å². The van der Waals surface area contributed by atoms with Crippen LogP contribution in [0.2, 0.25) is 5.02 Å². The minimum atomic E-state index is 0.194. The average Bonchev–Trinajstić information content (AvgIpc) is 2.77. The maximum atomic E-state index is 6.34. The molecule has 3 rings (SSSR count). The van der Waals surface area contributed by atoms with E-state index in [0.717, 1.165) is 34.9 Å². The van der Waals surface area contributed by atoms with Gasteiger partial charge in [0.1, 0.15) is 5.82 Å². The summed E-state index contributed by atoms with van der Waals surface area (Å²) < 4.78 is 2.29. The fourth-order valence-electron chi connectivity index (χ4n) is 2.71. The topological polar surface area (TPSA) is 17.8 Å². The maximum Gasteiger partial charge on any atom is 0.110 e. The highest BCUT2D eigenvalue weighted by Gasteiger charge is 2.18. The van der Waals surface area contributed by atoms with Gasteiger partial charge in [-0.1, -0.05) is 62.7 Å². The number of hydrogen-bond acceptors (Lipinski definition) is 1. The van der Waals surface area contributed by atoms with Crippen LogP contribution in [0.25, 0.3) is 11.0 Å². The first-order chi connectivity index (χ1) is 10.4. The van der Waals surface area contributed by atoms with Crippen molar-refractivity contribution in [2.24, 2.45) is 5.41 Å². The smallest absolute Gasteiger partial charge is 0.110 e. The quantitative estimate of drug-likeness (QED) is 0.639. The molecule has 0 saturated heterocycles. The zero-order valence-electron chi connectivity index (χ0n) is 13.3. The summed E-state index contributed by atoms with van der Waals surface area (Å²) in [6.45, 7) is 7.48. The fourth-order valence-corrected chi connectivity index (χ4v) is 2.90. The summed E-state index contributed by atoms with van der Waals surface area (Å²) in [5.74, 6) is 1.12. The van der Waals surface area contributed by atoms with Gasteiger partial charge in [0, 0.05) is 11.4 Å². The van der Waals surface area contributed by atoms with E-state index in [0.29, 0.717) is 0 Å². The summed E-state index contributed by atoms with van der Waals surface area (Å²) >= 11 is 6.34. The normalized spacial score (nSPS) is 12.0. The summed E-state index contributed by atoms with van der Waals surface area (Å²) in [5.41, 5.74) is 3.54. The van der Waals surface area contributed by atoms with Crippen molar-refractivity contribution in [3.63, 3.8) is 0 Å². The number of hydrogen-bond donors (Lipinski definition) is 0. The molecule has 0 amide bonds. The van der Waals surface area contributed by atoms with Crippen molar-refractivity contribution in [2.75, 3.05) is 0 Å². The number of imidazole rings is 1. The van der Waals surface area contributed by atoms with Gasteiger partial charge in [-0.3, -0.25) is 0 Å². The van der Waals surface area contributed by atoms with Crippen molar-refractivity contribution in [3.8, 4) is 0 Å². The van der Waals surface area contributed by atoms with Gasteiger partial charge in [0.15, 0.2) is 0 Å². The zero-order chi connectivity index (χ0) is 15.7. The standard InChI is InChI=1S/C19H21ClN2/c1-19(2,3)12-18-21-16-10-6-7-11-17(16)22(18)13-14-8-4-5-9-15(14)20/h4-11H,12-13H2,1-3H3. The van der Waals surface area contributed by atoms with E-state index in [1.807, 2.05) is 24.3 Å². The molecule has 0 saturated carbocycles. The predicted molar refractivity (Wildman–Crippen MR) is 93.4 cm³/mol. The van der Waals surface area contributed by atoms with Gasteiger partial charge >= 0.3 is 0 Å². The van der Waals surface area contributed by atoms with E-state index in [1.54, 1.807) is 0 Å². The summed E-state index contributed by atoms with van der Waals surface area (Å²) in [6.07, 6.45) is 0.937. The lowest BCUT2D eigenvalue weighted by Gasteiger charge is -2.19. The van der Waals surface area contributed by atoms with Gasteiger partial charge < -0.3 is 4.57 Å². The molecule has 2 aromatic carbocycles. The molecule has 0 spiro atoms. The number of fused-ring (bicyclic) bond motifs is 1. The number of aromatic nitrogens is 2. The van der Waals surface area contributed by atoms with E-state index in [2.05, 4.69) is 49.6 Å². The van der Waals surface area contributed by atoms with Crippen LogP contribution in [-0.2, 0) is 13.0 Å². The minimum Gasteiger partial charge on any atom is -0.323 e. The highest BCUT2D eigenvalue weighted by molar-refractivity contribution is 6.31. The lowest BCUT2D eigenvalue weighted by Crippen LogP contribution is -2.15. The second-order valence-electron chi connectivity index (χ2n) is 6.93. The Balaban J connectivity index is 2.09. The van der Waals surface area contributed by atoms with Crippen molar-refractivity contribution in [3.05, 3.63) is 64.9 Å². The molecule has 0 atom stereocenters. The third-order valence-electron chi connectivity index (χ3n) is 3.71. The molecule has 0 N–H and O–H groups in total. The fraction of sp³-hybridized carbons (Fsp3) is 0.316. The second-order valence-corrected chi connectivity index (χ2v) is 7.34. The van der Waals surface area contributed by atoms with Crippen LogP contribution in [-0.4, -0.2) is 9.55 Å². The first-order valence-electron chi connectivity index (χ1n) is 7.61. The van der Waals surface area contributed by atoms with Crippen LogP contribution in [0, 0.1) is 5.41 Å². The van der Waals surface area contributed by atoms with E-state index >= 15 is 0 Å². The van der Waals surface area contributed by atoms with E-state index in [4.69, 9.17) is 16.6 Å². The number of benzene rings is 2. The van der Waals surface area contributed by atoms with E-state index < -0.39 is 0 Å². The molecule has 3 heteroatoms. The van der Waals surface area contributed by atoms with Crippen LogP contribution in [0.3, 0.4) is 0 Å². The lowest BCUT2D eigenvalue weighted by molar-refractivity contribution is 0.394. The molecule has 0 aliphatic carbocycles. The van der Waals surface area contributed by atoms with E-state index in [1.165, 1.54) is 5.52 Å². The molecule has 0 radical (unpaired) electrons. The van der Waals surface area contributed by atoms with Gasteiger partial charge in [-0.25, -0.2) is 4.98 Å². The van der Waals surface area contributed by atoms with Crippen molar-refractivity contribution in [2.45, 2.75) is 33.7 Å². The van der Waals surface area contributed by atoms with Crippen LogP contribution in [0.4, 0.5) is 0 Å². The third kappa shape index (κ3) is 3.17. The monoisotopic (exact) mass is 312 g/mol. The van der Waals surface area contributed by atoms with E-state index in [9.17, 15) is 0 Å². The minimum absolute atomic E-state index is 0.194. The molecular weight excluding hydrogens is 292 g/mol. The molecule has 0 unspecified atom stereocenters. The third-order valence-corrected chi connectivity index (χ3v) is 4.08.